The highest BCUT2D eigenvalue weighted by molar-refractivity contribution is 6.22. The van der Waals surface area contributed by atoms with Gasteiger partial charge in [0.15, 0.2) is 0 Å². The van der Waals surface area contributed by atoms with Gasteiger partial charge >= 0.3 is 0 Å². The molecule has 0 saturated heterocycles. The Labute approximate surface area is 73.2 Å². The Bertz CT molecular complexity index is 97.4. The third kappa shape index (κ3) is 6.44. The van der Waals surface area contributed by atoms with E-state index in [9.17, 15) is 0 Å². The molecule has 0 aliphatic heterocycles. The molecule has 2 atom stereocenters. The van der Waals surface area contributed by atoms with Gasteiger partial charge in [-0.25, -0.2) is 0 Å². The average molecular weight is 181 g/mol. The van der Waals surface area contributed by atoms with E-state index in [0.29, 0.717) is 0 Å². The van der Waals surface area contributed by atoms with Crippen molar-refractivity contribution in [3.05, 3.63) is 12.2 Å². The van der Waals surface area contributed by atoms with Gasteiger partial charge in [0.2, 0.25) is 0 Å². The molecule has 10 heavy (non-hydrogen) atoms. The number of hydrogen-bond donors (Lipinski definition) is 0. The minimum absolute atomic E-state index is 0.0955. The smallest absolute Gasteiger partial charge is 0.0516 e. The maximum Gasteiger partial charge on any atom is 0.0516 e. The largest absolute Gasteiger partial charge is 0.119 e. The van der Waals surface area contributed by atoms with Crippen molar-refractivity contribution in [3.8, 4) is 0 Å². The Balaban J connectivity index is 3.45. The number of halogens is 2. The molecule has 0 heterocycles. The summed E-state index contributed by atoms with van der Waals surface area (Å²) in [6.07, 6.45) is 6.04. The molecule has 0 nitrogen and oxygen atoms in total. The van der Waals surface area contributed by atoms with Gasteiger partial charge in [0.25, 0.3) is 0 Å². The zero-order chi connectivity index (χ0) is 7.98. The SMILES string of the molecule is CCCC(Cl)/C=C/C(C)Cl. The quantitative estimate of drug-likeness (QED) is 0.459. The van der Waals surface area contributed by atoms with Crippen molar-refractivity contribution >= 4 is 23.2 Å². The van der Waals surface area contributed by atoms with Crippen LogP contribution in [-0.2, 0) is 0 Å². The number of allylic oxidation sites excluding steroid dienone is 2. The summed E-state index contributed by atoms with van der Waals surface area (Å²) in [4.78, 5) is 0. The van der Waals surface area contributed by atoms with Crippen molar-refractivity contribution < 1.29 is 0 Å². The van der Waals surface area contributed by atoms with Crippen LogP contribution in [0.1, 0.15) is 26.7 Å². The fourth-order valence-corrected chi connectivity index (χ4v) is 1.03. The average Bonchev–Trinajstić information content (AvgIpc) is 1.85. The van der Waals surface area contributed by atoms with Crippen LogP contribution < -0.4 is 0 Å². The second-order valence-electron chi connectivity index (χ2n) is 2.37. The lowest BCUT2D eigenvalue weighted by Crippen LogP contribution is -1.93. The standard InChI is InChI=1S/C8H14Cl2/c1-3-4-8(10)6-5-7(2)9/h5-8H,3-4H2,1-2H3/b6-5+. The number of hydrogen-bond acceptors (Lipinski definition) is 0. The Hall–Kier alpha value is 0.320. The van der Waals surface area contributed by atoms with Crippen LogP contribution >= 0.6 is 23.2 Å². The lowest BCUT2D eigenvalue weighted by atomic mass is 10.2. The van der Waals surface area contributed by atoms with Gasteiger partial charge in [-0.3, -0.25) is 0 Å². The van der Waals surface area contributed by atoms with E-state index in [2.05, 4.69) is 6.92 Å². The summed E-state index contributed by atoms with van der Waals surface area (Å²) < 4.78 is 0. The highest BCUT2D eigenvalue weighted by Gasteiger charge is 1.96. The van der Waals surface area contributed by atoms with E-state index in [1.54, 1.807) is 0 Å². The molecule has 0 fully saturated rings. The van der Waals surface area contributed by atoms with E-state index in [-0.39, 0.29) is 10.8 Å². The molecular formula is C8H14Cl2. The number of alkyl halides is 2. The summed E-state index contributed by atoms with van der Waals surface area (Å²) >= 11 is 11.6. The monoisotopic (exact) mass is 180 g/mol. The van der Waals surface area contributed by atoms with E-state index in [0.717, 1.165) is 12.8 Å². The summed E-state index contributed by atoms with van der Waals surface area (Å²) in [6, 6.07) is 0. The van der Waals surface area contributed by atoms with Crippen molar-refractivity contribution in [3.63, 3.8) is 0 Å². The summed E-state index contributed by atoms with van der Waals surface area (Å²) in [6.45, 7) is 4.04. The van der Waals surface area contributed by atoms with Crippen molar-refractivity contribution in [2.75, 3.05) is 0 Å². The lowest BCUT2D eigenvalue weighted by molar-refractivity contribution is 0.819. The van der Waals surface area contributed by atoms with Gasteiger partial charge in [-0.05, 0) is 13.3 Å². The normalized spacial score (nSPS) is 17.6. The first-order chi connectivity index (χ1) is 4.66. The molecule has 2 unspecified atom stereocenters. The van der Waals surface area contributed by atoms with Gasteiger partial charge in [-0.2, -0.15) is 0 Å². The van der Waals surface area contributed by atoms with Gasteiger partial charge in [0, 0.05) is 5.38 Å². The topological polar surface area (TPSA) is 0 Å². The molecule has 0 aromatic heterocycles. The van der Waals surface area contributed by atoms with E-state index in [4.69, 9.17) is 23.2 Å². The zero-order valence-electron chi connectivity index (χ0n) is 6.48. The van der Waals surface area contributed by atoms with Crippen LogP contribution in [0.5, 0.6) is 0 Å². The van der Waals surface area contributed by atoms with Crippen molar-refractivity contribution in [1.82, 2.24) is 0 Å². The maximum absolute atomic E-state index is 5.88. The third-order valence-corrected chi connectivity index (χ3v) is 1.66. The molecule has 0 amide bonds. The van der Waals surface area contributed by atoms with Gasteiger partial charge in [-0.1, -0.05) is 25.5 Å². The molecular weight excluding hydrogens is 167 g/mol. The summed E-state index contributed by atoms with van der Waals surface area (Å²) in [5.41, 5.74) is 0. The van der Waals surface area contributed by atoms with Crippen LogP contribution in [0.15, 0.2) is 12.2 Å². The summed E-state index contributed by atoms with van der Waals surface area (Å²) in [5, 5.41) is 0.254. The van der Waals surface area contributed by atoms with Crippen LogP contribution in [0.2, 0.25) is 0 Å². The highest BCUT2D eigenvalue weighted by Crippen LogP contribution is 2.07. The number of rotatable bonds is 4. The maximum atomic E-state index is 5.88. The first-order valence-corrected chi connectivity index (χ1v) is 4.50. The van der Waals surface area contributed by atoms with Crippen LogP contribution in [0.4, 0.5) is 0 Å². The lowest BCUT2D eigenvalue weighted by Gasteiger charge is -1.99. The Morgan fingerprint density at radius 2 is 1.90 bits per heavy atom. The van der Waals surface area contributed by atoms with Gasteiger partial charge in [-0.15, -0.1) is 23.2 Å². The molecule has 60 valence electrons. The van der Waals surface area contributed by atoms with E-state index in [1.165, 1.54) is 0 Å². The van der Waals surface area contributed by atoms with Crippen LogP contribution in [0.25, 0.3) is 0 Å². The third-order valence-electron chi connectivity index (χ3n) is 1.15. The summed E-state index contributed by atoms with van der Waals surface area (Å²) in [5.74, 6) is 0. The second kappa shape index (κ2) is 6.06. The predicted octanol–water partition coefficient (Wildman–Crippen LogP) is 3.58. The molecule has 0 bridgehead atoms. The fraction of sp³-hybridized carbons (Fsp3) is 0.750. The Morgan fingerprint density at radius 3 is 2.30 bits per heavy atom. The van der Waals surface area contributed by atoms with E-state index >= 15 is 0 Å². The molecule has 0 aliphatic carbocycles. The second-order valence-corrected chi connectivity index (χ2v) is 3.62. The van der Waals surface area contributed by atoms with Crippen molar-refractivity contribution in [1.29, 1.82) is 0 Å². The first-order valence-electron chi connectivity index (χ1n) is 3.63. The predicted molar refractivity (Wildman–Crippen MR) is 49.0 cm³/mol. The van der Waals surface area contributed by atoms with E-state index in [1.807, 2.05) is 19.1 Å². The van der Waals surface area contributed by atoms with Crippen LogP contribution in [0.3, 0.4) is 0 Å². The van der Waals surface area contributed by atoms with Gasteiger partial charge in [0.05, 0.1) is 5.38 Å². The van der Waals surface area contributed by atoms with Crippen LogP contribution in [0, 0.1) is 0 Å². The molecule has 0 N–H and O–H groups in total. The zero-order valence-corrected chi connectivity index (χ0v) is 7.99. The van der Waals surface area contributed by atoms with E-state index < -0.39 is 0 Å². The summed E-state index contributed by atoms with van der Waals surface area (Å²) in [7, 11) is 0. The molecule has 0 aliphatic rings. The molecule has 0 spiro atoms. The van der Waals surface area contributed by atoms with Crippen molar-refractivity contribution in [2.24, 2.45) is 0 Å². The minimum atomic E-state index is 0.0955. The molecule has 0 saturated carbocycles. The highest BCUT2D eigenvalue weighted by atomic mass is 35.5. The fourth-order valence-electron chi connectivity index (χ4n) is 0.646. The molecule has 0 radical (unpaired) electrons. The van der Waals surface area contributed by atoms with Crippen molar-refractivity contribution in [2.45, 2.75) is 37.4 Å². The van der Waals surface area contributed by atoms with Gasteiger partial charge < -0.3 is 0 Å². The molecule has 2 heteroatoms. The first kappa shape index (κ1) is 10.3. The van der Waals surface area contributed by atoms with Gasteiger partial charge in [0.1, 0.15) is 0 Å². The molecule has 0 aromatic rings. The molecule has 0 aromatic carbocycles. The Kier molecular flexibility index (Phi) is 6.25. The minimum Gasteiger partial charge on any atom is -0.119 e. The van der Waals surface area contributed by atoms with Crippen LogP contribution in [-0.4, -0.2) is 10.8 Å². The Morgan fingerprint density at radius 1 is 1.30 bits per heavy atom. The molecule has 0 rings (SSSR count).